The third-order valence-corrected chi connectivity index (χ3v) is 9.02. The van der Waals surface area contributed by atoms with E-state index in [2.05, 4.69) is 28.9 Å². The first-order valence-electron chi connectivity index (χ1n) is 9.16. The van der Waals surface area contributed by atoms with Crippen molar-refractivity contribution in [1.29, 1.82) is 0 Å². The molecule has 0 unspecified atom stereocenters. The van der Waals surface area contributed by atoms with Gasteiger partial charge in [-0.05, 0) is 48.5 Å². The lowest BCUT2D eigenvalue weighted by Crippen LogP contribution is -2.30. The van der Waals surface area contributed by atoms with E-state index in [1.54, 1.807) is 11.8 Å². The van der Waals surface area contributed by atoms with Crippen molar-refractivity contribution in [1.82, 2.24) is 0 Å². The van der Waals surface area contributed by atoms with Crippen LogP contribution in [0.3, 0.4) is 0 Å². The second-order valence-corrected chi connectivity index (χ2v) is 10.3. The Morgan fingerprint density at radius 2 is 0.929 bits per heavy atom. The van der Waals surface area contributed by atoms with Crippen molar-refractivity contribution in [3.05, 3.63) is 109 Å². The van der Waals surface area contributed by atoms with Crippen LogP contribution in [0.4, 0.5) is 11.4 Å². The number of para-hydroxylation sites is 2. The fraction of sp³-hybridized carbons (Fsp3) is 0. The molecule has 0 aliphatic carbocycles. The standard InChI is InChI=1S/C24H18NOPS/c26-27(19-11-3-1-4-12-19,20-13-5-2-6-14-20)25-21-15-7-9-17-23(21)28-24-18-10-8-16-22(24)25/h1-18H. The molecule has 0 amide bonds. The molecule has 2 nitrogen and oxygen atoms in total. The molecule has 0 saturated heterocycles. The van der Waals surface area contributed by atoms with Gasteiger partial charge in [0, 0.05) is 20.4 Å². The molecule has 28 heavy (non-hydrogen) atoms. The predicted octanol–water partition coefficient (Wildman–Crippen LogP) is 6.22. The summed E-state index contributed by atoms with van der Waals surface area (Å²) in [6.07, 6.45) is 0. The maximum Gasteiger partial charge on any atom is 0.234 e. The topological polar surface area (TPSA) is 20.3 Å². The molecule has 1 aliphatic rings. The van der Waals surface area contributed by atoms with Gasteiger partial charge in [0.05, 0.1) is 11.4 Å². The summed E-state index contributed by atoms with van der Waals surface area (Å²) in [5.74, 6) is 0. The molecule has 1 aliphatic heterocycles. The fourth-order valence-electron chi connectivity index (χ4n) is 3.63. The first-order valence-corrected chi connectivity index (χ1v) is 11.6. The Balaban J connectivity index is 1.85. The molecule has 0 N–H and O–H groups in total. The molecule has 0 saturated carbocycles. The van der Waals surface area contributed by atoms with E-state index in [0.29, 0.717) is 0 Å². The number of benzene rings is 4. The molecule has 0 radical (unpaired) electrons. The molecule has 0 bridgehead atoms. The van der Waals surface area contributed by atoms with Crippen LogP contribution in [0.5, 0.6) is 0 Å². The van der Waals surface area contributed by atoms with Gasteiger partial charge in [0.15, 0.2) is 0 Å². The van der Waals surface area contributed by atoms with Gasteiger partial charge in [-0.25, -0.2) is 0 Å². The molecule has 5 rings (SSSR count). The van der Waals surface area contributed by atoms with E-state index < -0.39 is 7.29 Å². The second kappa shape index (κ2) is 7.01. The van der Waals surface area contributed by atoms with Gasteiger partial charge >= 0.3 is 0 Å². The van der Waals surface area contributed by atoms with Crippen molar-refractivity contribution in [3.63, 3.8) is 0 Å². The van der Waals surface area contributed by atoms with E-state index in [9.17, 15) is 0 Å². The normalized spacial score (nSPS) is 12.9. The zero-order valence-electron chi connectivity index (χ0n) is 15.1. The Morgan fingerprint density at radius 3 is 1.39 bits per heavy atom. The Hall–Kier alpha value is -2.74. The third-order valence-electron chi connectivity index (χ3n) is 4.90. The molecule has 0 aromatic heterocycles. The maximum absolute atomic E-state index is 15.0. The molecule has 1 heterocycles. The van der Waals surface area contributed by atoms with Crippen LogP contribution in [0.25, 0.3) is 0 Å². The van der Waals surface area contributed by atoms with Crippen molar-refractivity contribution < 1.29 is 4.57 Å². The van der Waals surface area contributed by atoms with Gasteiger partial charge in [-0.2, -0.15) is 0 Å². The second-order valence-electron chi connectivity index (χ2n) is 6.60. The zero-order chi connectivity index (χ0) is 19.0. The summed E-state index contributed by atoms with van der Waals surface area (Å²) in [5.41, 5.74) is 1.98. The first-order chi connectivity index (χ1) is 13.8. The SMILES string of the molecule is O=P(c1ccccc1)(c1ccccc1)N1c2ccccc2Sc2ccccc21. The van der Waals surface area contributed by atoms with Crippen LogP contribution in [0, 0.1) is 0 Å². The van der Waals surface area contributed by atoms with Gasteiger partial charge in [-0.3, -0.25) is 9.24 Å². The molecule has 4 heteroatoms. The number of hydrogen-bond acceptors (Lipinski definition) is 2. The maximum atomic E-state index is 15.0. The smallest absolute Gasteiger partial charge is 0.234 e. The molecular formula is C24H18NOPS. The van der Waals surface area contributed by atoms with Crippen LogP contribution >= 0.6 is 19.1 Å². The van der Waals surface area contributed by atoms with Crippen molar-refractivity contribution in [3.8, 4) is 0 Å². The third kappa shape index (κ3) is 2.71. The van der Waals surface area contributed by atoms with E-state index in [-0.39, 0.29) is 0 Å². The molecule has 0 spiro atoms. The number of rotatable bonds is 3. The number of hydrogen-bond donors (Lipinski definition) is 0. The van der Waals surface area contributed by atoms with Crippen LogP contribution in [0.1, 0.15) is 0 Å². The molecule has 4 aromatic carbocycles. The van der Waals surface area contributed by atoms with Gasteiger partial charge in [0.1, 0.15) is 0 Å². The number of nitrogens with zero attached hydrogens (tertiary/aromatic N) is 1. The van der Waals surface area contributed by atoms with Gasteiger partial charge in [-0.15, -0.1) is 0 Å². The van der Waals surface area contributed by atoms with Crippen molar-refractivity contribution >= 4 is 41.0 Å². The minimum absolute atomic E-state index is 0.831. The Kier molecular flexibility index (Phi) is 4.35. The Morgan fingerprint density at radius 1 is 0.536 bits per heavy atom. The van der Waals surface area contributed by atoms with Crippen LogP contribution < -0.4 is 15.3 Å². The highest BCUT2D eigenvalue weighted by Gasteiger charge is 2.39. The van der Waals surface area contributed by atoms with Crippen molar-refractivity contribution in [2.75, 3.05) is 4.67 Å². The van der Waals surface area contributed by atoms with Crippen LogP contribution in [0.15, 0.2) is 119 Å². The lowest BCUT2D eigenvalue weighted by atomic mass is 10.2. The summed E-state index contributed by atoms with van der Waals surface area (Å²) in [7, 11) is -3.14. The van der Waals surface area contributed by atoms with E-state index in [1.165, 1.54) is 0 Å². The molecule has 136 valence electrons. The average Bonchev–Trinajstić information content (AvgIpc) is 2.78. The summed E-state index contributed by atoms with van der Waals surface area (Å²) >= 11 is 1.73. The average molecular weight is 399 g/mol. The minimum Gasteiger partial charge on any atom is -0.290 e. The number of anilines is 2. The first kappa shape index (κ1) is 17.4. The van der Waals surface area contributed by atoms with Crippen molar-refractivity contribution in [2.45, 2.75) is 9.79 Å². The highest BCUT2D eigenvalue weighted by atomic mass is 32.2. The van der Waals surface area contributed by atoms with Crippen LogP contribution in [-0.4, -0.2) is 0 Å². The zero-order valence-corrected chi connectivity index (χ0v) is 16.8. The van der Waals surface area contributed by atoms with Crippen LogP contribution in [0.2, 0.25) is 0 Å². The Labute approximate surface area is 169 Å². The Bertz CT molecular complexity index is 1090. The largest absolute Gasteiger partial charge is 0.290 e. The lowest BCUT2D eigenvalue weighted by molar-refractivity contribution is 0.586. The highest BCUT2D eigenvalue weighted by Crippen LogP contribution is 2.61. The van der Waals surface area contributed by atoms with Crippen LogP contribution in [-0.2, 0) is 4.57 Å². The molecule has 4 aromatic rings. The van der Waals surface area contributed by atoms with Gasteiger partial charge < -0.3 is 0 Å². The summed E-state index contributed by atoms with van der Waals surface area (Å²) in [6, 6.07) is 36.1. The monoisotopic (exact) mass is 399 g/mol. The molecule has 0 atom stereocenters. The predicted molar refractivity (Wildman–Crippen MR) is 119 cm³/mol. The minimum atomic E-state index is -3.14. The summed E-state index contributed by atoms with van der Waals surface area (Å²) < 4.78 is 17.1. The van der Waals surface area contributed by atoms with Gasteiger partial charge in [0.25, 0.3) is 0 Å². The van der Waals surface area contributed by atoms with Crippen molar-refractivity contribution in [2.24, 2.45) is 0 Å². The fourth-order valence-corrected chi connectivity index (χ4v) is 7.69. The summed E-state index contributed by atoms with van der Waals surface area (Å²) in [6.45, 7) is 0. The van der Waals surface area contributed by atoms with E-state index in [4.69, 9.17) is 0 Å². The number of fused-ring (bicyclic) bond motifs is 2. The quantitative estimate of drug-likeness (QED) is 0.382. The highest BCUT2D eigenvalue weighted by molar-refractivity contribution is 8.00. The van der Waals surface area contributed by atoms with E-state index in [0.717, 1.165) is 31.8 Å². The molecule has 0 fully saturated rings. The van der Waals surface area contributed by atoms with E-state index >= 15 is 4.57 Å². The summed E-state index contributed by atoms with van der Waals surface area (Å²) in [5, 5.41) is 1.66. The molecular weight excluding hydrogens is 381 g/mol. The lowest BCUT2D eigenvalue weighted by Gasteiger charge is -2.38. The van der Waals surface area contributed by atoms with Gasteiger partial charge in [0.2, 0.25) is 7.29 Å². The van der Waals surface area contributed by atoms with Gasteiger partial charge in [-0.1, -0.05) is 72.4 Å². The van der Waals surface area contributed by atoms with E-state index in [1.807, 2.05) is 84.9 Å². The summed E-state index contributed by atoms with van der Waals surface area (Å²) in [4.78, 5) is 2.24.